The fourth-order valence-electron chi connectivity index (χ4n) is 1.02. The summed E-state index contributed by atoms with van der Waals surface area (Å²) >= 11 is 0. The van der Waals surface area contributed by atoms with Crippen molar-refractivity contribution in [2.45, 2.75) is 20.3 Å². The molecule has 54 valence electrons. The summed E-state index contributed by atoms with van der Waals surface area (Å²) in [6, 6.07) is 0. The zero-order chi connectivity index (χ0) is 7.40. The molecule has 0 aromatic rings. The smallest absolute Gasteiger partial charge is 0.0266 e. The first-order chi connectivity index (χ1) is 4.79. The van der Waals surface area contributed by atoms with Gasteiger partial charge in [0.2, 0.25) is 0 Å². The van der Waals surface area contributed by atoms with Gasteiger partial charge in [0.1, 0.15) is 0 Å². The van der Waals surface area contributed by atoms with Crippen molar-refractivity contribution >= 4 is 6.21 Å². The molecule has 1 nitrogen and oxygen atoms in total. The third-order valence-corrected chi connectivity index (χ3v) is 1.55. The van der Waals surface area contributed by atoms with E-state index in [9.17, 15) is 0 Å². The van der Waals surface area contributed by atoms with Gasteiger partial charge in [-0.25, -0.2) is 0 Å². The Morgan fingerprint density at radius 3 is 3.20 bits per heavy atom. The van der Waals surface area contributed by atoms with Gasteiger partial charge < -0.3 is 0 Å². The van der Waals surface area contributed by atoms with Crippen molar-refractivity contribution in [2.24, 2.45) is 10.9 Å². The Bertz CT molecular complexity index is 187. The van der Waals surface area contributed by atoms with Crippen LogP contribution < -0.4 is 0 Å². The Balaban J connectivity index is 2.73. The van der Waals surface area contributed by atoms with Crippen molar-refractivity contribution < 1.29 is 0 Å². The monoisotopic (exact) mass is 135 g/mol. The first-order valence-electron chi connectivity index (χ1n) is 3.65. The SMILES string of the molecule is CC1=CC(C)CC=NC=C1. The van der Waals surface area contributed by atoms with Crippen molar-refractivity contribution in [1.29, 1.82) is 0 Å². The maximum absolute atomic E-state index is 4.09. The van der Waals surface area contributed by atoms with Crippen LogP contribution in [0.5, 0.6) is 0 Å². The number of nitrogens with zero attached hydrogens (tertiary/aromatic N) is 1. The lowest BCUT2D eigenvalue weighted by atomic mass is 10.0. The van der Waals surface area contributed by atoms with Crippen LogP contribution in [0.1, 0.15) is 20.3 Å². The molecule has 10 heavy (non-hydrogen) atoms. The van der Waals surface area contributed by atoms with Gasteiger partial charge in [-0.1, -0.05) is 18.6 Å². The minimum Gasteiger partial charge on any atom is -0.269 e. The highest BCUT2D eigenvalue weighted by atomic mass is 14.7. The number of hydrogen-bond donors (Lipinski definition) is 0. The summed E-state index contributed by atoms with van der Waals surface area (Å²) in [5, 5.41) is 0. The van der Waals surface area contributed by atoms with E-state index in [0.717, 1.165) is 6.42 Å². The third-order valence-electron chi connectivity index (χ3n) is 1.55. The fraction of sp³-hybridized carbons (Fsp3) is 0.444. The van der Waals surface area contributed by atoms with Crippen LogP contribution in [0.3, 0.4) is 0 Å². The fourth-order valence-corrected chi connectivity index (χ4v) is 1.02. The average molecular weight is 135 g/mol. The van der Waals surface area contributed by atoms with E-state index in [-0.39, 0.29) is 0 Å². The van der Waals surface area contributed by atoms with Gasteiger partial charge in [0.15, 0.2) is 0 Å². The Morgan fingerprint density at radius 2 is 2.40 bits per heavy atom. The van der Waals surface area contributed by atoms with Crippen LogP contribution >= 0.6 is 0 Å². The molecule has 1 heterocycles. The minimum absolute atomic E-state index is 0.633. The predicted molar refractivity (Wildman–Crippen MR) is 45.2 cm³/mol. The molecule has 1 atom stereocenters. The molecule has 0 amide bonds. The lowest BCUT2D eigenvalue weighted by Crippen LogP contribution is -1.92. The zero-order valence-corrected chi connectivity index (χ0v) is 6.54. The van der Waals surface area contributed by atoms with E-state index >= 15 is 0 Å². The van der Waals surface area contributed by atoms with E-state index < -0.39 is 0 Å². The topological polar surface area (TPSA) is 12.4 Å². The first-order valence-corrected chi connectivity index (χ1v) is 3.65. The maximum Gasteiger partial charge on any atom is 0.0266 e. The second kappa shape index (κ2) is 3.35. The molecule has 1 heteroatoms. The molecular weight excluding hydrogens is 122 g/mol. The van der Waals surface area contributed by atoms with Crippen LogP contribution in [0.15, 0.2) is 28.9 Å². The Labute approximate surface area is 62.2 Å². The van der Waals surface area contributed by atoms with Crippen LogP contribution in [0, 0.1) is 5.92 Å². The van der Waals surface area contributed by atoms with Crippen molar-refractivity contribution in [1.82, 2.24) is 0 Å². The largest absolute Gasteiger partial charge is 0.269 e. The van der Waals surface area contributed by atoms with Crippen LogP contribution in [0.2, 0.25) is 0 Å². The van der Waals surface area contributed by atoms with Gasteiger partial charge in [0.25, 0.3) is 0 Å². The van der Waals surface area contributed by atoms with Gasteiger partial charge in [-0.15, -0.1) is 0 Å². The van der Waals surface area contributed by atoms with Crippen molar-refractivity contribution in [3.63, 3.8) is 0 Å². The molecule has 0 aromatic heterocycles. The van der Waals surface area contributed by atoms with Crippen LogP contribution in [0.4, 0.5) is 0 Å². The zero-order valence-electron chi connectivity index (χ0n) is 6.54. The standard InChI is InChI=1S/C9H13N/c1-8-3-5-10-6-4-9(2)7-8/h3,5-7,9H,4H2,1-2H3. The Hall–Kier alpha value is -0.850. The summed E-state index contributed by atoms with van der Waals surface area (Å²) < 4.78 is 0. The predicted octanol–water partition coefficient (Wildman–Crippen LogP) is 2.56. The molecule has 0 fully saturated rings. The molecule has 0 aliphatic carbocycles. The lowest BCUT2D eigenvalue weighted by molar-refractivity contribution is 0.770. The second-order valence-electron chi connectivity index (χ2n) is 2.77. The molecule has 0 spiro atoms. The van der Waals surface area contributed by atoms with Crippen LogP contribution in [-0.4, -0.2) is 6.21 Å². The summed E-state index contributed by atoms with van der Waals surface area (Å²) in [4.78, 5) is 4.09. The van der Waals surface area contributed by atoms with Crippen LogP contribution in [-0.2, 0) is 0 Å². The first kappa shape index (κ1) is 7.26. The summed E-state index contributed by atoms with van der Waals surface area (Å²) in [5.41, 5.74) is 1.31. The Kier molecular flexibility index (Phi) is 2.43. The van der Waals surface area contributed by atoms with E-state index in [2.05, 4.69) is 24.9 Å². The maximum atomic E-state index is 4.09. The molecule has 0 aromatic carbocycles. The van der Waals surface area contributed by atoms with E-state index in [4.69, 9.17) is 0 Å². The highest BCUT2D eigenvalue weighted by Crippen LogP contribution is 2.08. The normalized spacial score (nSPS) is 25.4. The molecule has 0 saturated heterocycles. The third kappa shape index (κ3) is 2.18. The quantitative estimate of drug-likeness (QED) is 0.484. The summed E-state index contributed by atoms with van der Waals surface area (Å²) in [6.07, 6.45) is 9.16. The molecule has 1 aliphatic rings. The van der Waals surface area contributed by atoms with Crippen molar-refractivity contribution in [3.05, 3.63) is 23.9 Å². The van der Waals surface area contributed by atoms with Gasteiger partial charge >= 0.3 is 0 Å². The molecule has 1 aliphatic heterocycles. The number of rotatable bonds is 0. The van der Waals surface area contributed by atoms with Crippen LogP contribution in [0.25, 0.3) is 0 Å². The van der Waals surface area contributed by atoms with Gasteiger partial charge in [-0.3, -0.25) is 4.99 Å². The average Bonchev–Trinajstić information content (AvgIpc) is 1.83. The van der Waals surface area contributed by atoms with E-state index in [1.807, 2.05) is 18.5 Å². The van der Waals surface area contributed by atoms with E-state index in [0.29, 0.717) is 5.92 Å². The van der Waals surface area contributed by atoms with Crippen molar-refractivity contribution in [2.75, 3.05) is 0 Å². The molecular formula is C9H13N. The summed E-state index contributed by atoms with van der Waals surface area (Å²) in [6.45, 7) is 4.31. The second-order valence-corrected chi connectivity index (χ2v) is 2.77. The molecule has 0 N–H and O–H groups in total. The summed E-state index contributed by atoms with van der Waals surface area (Å²) in [7, 11) is 0. The summed E-state index contributed by atoms with van der Waals surface area (Å²) in [5.74, 6) is 0.633. The molecule has 0 saturated carbocycles. The van der Waals surface area contributed by atoms with Gasteiger partial charge in [-0.2, -0.15) is 0 Å². The highest BCUT2D eigenvalue weighted by Gasteiger charge is 1.96. The minimum atomic E-state index is 0.633. The molecule has 0 radical (unpaired) electrons. The number of aliphatic imine (C=N–C) groups is 1. The van der Waals surface area contributed by atoms with E-state index in [1.165, 1.54) is 5.57 Å². The van der Waals surface area contributed by atoms with Crippen molar-refractivity contribution in [3.8, 4) is 0 Å². The highest BCUT2D eigenvalue weighted by molar-refractivity contribution is 5.59. The molecule has 1 unspecified atom stereocenters. The van der Waals surface area contributed by atoms with Gasteiger partial charge in [0, 0.05) is 12.4 Å². The van der Waals surface area contributed by atoms with E-state index in [1.54, 1.807) is 0 Å². The lowest BCUT2D eigenvalue weighted by Gasteiger charge is -2.03. The number of allylic oxidation sites excluding steroid dienone is 3. The number of hydrogen-bond acceptors (Lipinski definition) is 1. The van der Waals surface area contributed by atoms with Gasteiger partial charge in [0.05, 0.1) is 0 Å². The molecule has 1 rings (SSSR count). The molecule has 0 bridgehead atoms. The Morgan fingerprint density at radius 1 is 1.60 bits per heavy atom. The van der Waals surface area contributed by atoms with Gasteiger partial charge in [-0.05, 0) is 25.3 Å².